The molecule has 2 aromatic carbocycles. The molecule has 4 rings (SSSR count). The van der Waals surface area contributed by atoms with Gasteiger partial charge < -0.3 is 0 Å². The second kappa shape index (κ2) is 9.13. The summed E-state index contributed by atoms with van der Waals surface area (Å²) in [5.74, 6) is 0.261. The van der Waals surface area contributed by atoms with Crippen LogP contribution in [-0.4, -0.2) is 0 Å². The maximum Gasteiger partial charge on any atom is 0.0488 e. The van der Waals surface area contributed by atoms with Crippen molar-refractivity contribution in [3.8, 4) is 0 Å². The third-order valence-corrected chi connectivity index (χ3v) is 5.94. The molecule has 0 heterocycles. The van der Waals surface area contributed by atoms with Crippen molar-refractivity contribution >= 4 is 0 Å². The van der Waals surface area contributed by atoms with E-state index in [1.165, 1.54) is 33.4 Å². The van der Waals surface area contributed by atoms with E-state index in [0.29, 0.717) is 0 Å². The molecule has 0 saturated heterocycles. The Morgan fingerprint density at radius 3 is 1.97 bits per heavy atom. The lowest BCUT2D eigenvalue weighted by Gasteiger charge is -2.40. The summed E-state index contributed by atoms with van der Waals surface area (Å²) >= 11 is 0. The van der Waals surface area contributed by atoms with Crippen LogP contribution in [0.25, 0.3) is 0 Å². The molecular formula is C30H32. The molecular weight excluding hydrogens is 360 g/mol. The van der Waals surface area contributed by atoms with Gasteiger partial charge in [-0.1, -0.05) is 128 Å². The first-order valence-electron chi connectivity index (χ1n) is 10.4. The van der Waals surface area contributed by atoms with E-state index in [-0.39, 0.29) is 18.8 Å². The lowest BCUT2D eigenvalue weighted by Crippen LogP contribution is -2.35. The maximum atomic E-state index is 2.47. The van der Waals surface area contributed by atoms with Crippen LogP contribution in [0.15, 0.2) is 120 Å². The summed E-state index contributed by atoms with van der Waals surface area (Å²) in [5.41, 5.74) is 7.55. The van der Waals surface area contributed by atoms with Gasteiger partial charge >= 0.3 is 0 Å². The molecule has 2 aliphatic rings. The zero-order valence-electron chi connectivity index (χ0n) is 17.5. The Bertz CT molecular complexity index is 1000. The third-order valence-electron chi connectivity index (χ3n) is 5.94. The Balaban J connectivity index is 0.00000256. The van der Waals surface area contributed by atoms with Gasteiger partial charge in [0.25, 0.3) is 0 Å². The average Bonchev–Trinajstić information content (AvgIpc) is 2.95. The molecule has 0 heteroatoms. The summed E-state index contributed by atoms with van der Waals surface area (Å²) < 4.78 is 0. The van der Waals surface area contributed by atoms with Crippen molar-refractivity contribution in [2.24, 2.45) is 5.92 Å². The molecule has 0 saturated carbocycles. The van der Waals surface area contributed by atoms with Crippen molar-refractivity contribution < 1.29 is 0 Å². The van der Waals surface area contributed by atoms with E-state index in [9.17, 15) is 0 Å². The summed E-state index contributed by atoms with van der Waals surface area (Å²) in [6.07, 6.45) is 22.3. The fourth-order valence-corrected chi connectivity index (χ4v) is 4.34. The first-order valence-corrected chi connectivity index (χ1v) is 10.4. The predicted octanol–water partition coefficient (Wildman–Crippen LogP) is 7.97. The number of hydrogen-bond acceptors (Lipinski definition) is 0. The zero-order chi connectivity index (χ0) is 20.3. The van der Waals surface area contributed by atoms with Gasteiger partial charge in [-0.2, -0.15) is 0 Å². The van der Waals surface area contributed by atoms with Gasteiger partial charge in [0.15, 0.2) is 0 Å². The standard InChI is InChI=1S/C29H28.CH4/c1-4-5-6-10-25-21-29(26-16-12-22(2)13-17-26,27-18-14-23(3)15-19-27)28-11-8-7-9-24(25)20-28;/h4-21,28H,1-3H3;1H4/b5-4-,10-6-;. The van der Waals surface area contributed by atoms with E-state index < -0.39 is 0 Å². The van der Waals surface area contributed by atoms with Crippen LogP contribution in [0.5, 0.6) is 0 Å². The van der Waals surface area contributed by atoms with Crippen LogP contribution >= 0.6 is 0 Å². The van der Waals surface area contributed by atoms with Gasteiger partial charge in [0.1, 0.15) is 0 Å². The highest BCUT2D eigenvalue weighted by Gasteiger charge is 2.41. The Morgan fingerprint density at radius 1 is 0.800 bits per heavy atom. The van der Waals surface area contributed by atoms with Crippen molar-refractivity contribution in [3.63, 3.8) is 0 Å². The highest BCUT2D eigenvalue weighted by Crippen LogP contribution is 2.48. The van der Waals surface area contributed by atoms with Crippen LogP contribution in [-0.2, 0) is 5.41 Å². The van der Waals surface area contributed by atoms with E-state index >= 15 is 0 Å². The lowest BCUT2D eigenvalue weighted by atomic mass is 9.62. The smallest absolute Gasteiger partial charge is 0.0488 e. The summed E-state index contributed by atoms with van der Waals surface area (Å²) in [6.45, 7) is 6.35. The van der Waals surface area contributed by atoms with Crippen LogP contribution in [0.3, 0.4) is 0 Å². The van der Waals surface area contributed by atoms with Crippen molar-refractivity contribution in [2.75, 3.05) is 0 Å². The Hall–Kier alpha value is -3.12. The molecule has 0 aliphatic heterocycles. The van der Waals surface area contributed by atoms with Gasteiger partial charge in [-0.3, -0.25) is 0 Å². The van der Waals surface area contributed by atoms with Gasteiger partial charge in [0.2, 0.25) is 0 Å². The van der Waals surface area contributed by atoms with Crippen LogP contribution in [0.4, 0.5) is 0 Å². The number of allylic oxidation sites excluding steroid dienone is 12. The molecule has 2 bridgehead atoms. The molecule has 2 aliphatic carbocycles. The molecule has 0 aromatic heterocycles. The predicted molar refractivity (Wildman–Crippen MR) is 132 cm³/mol. The quantitative estimate of drug-likeness (QED) is 0.463. The van der Waals surface area contributed by atoms with Gasteiger partial charge in [0, 0.05) is 11.3 Å². The van der Waals surface area contributed by atoms with Crippen LogP contribution in [0, 0.1) is 19.8 Å². The second-order valence-corrected chi connectivity index (χ2v) is 7.98. The molecule has 0 radical (unpaired) electrons. The first-order chi connectivity index (χ1) is 14.1. The topological polar surface area (TPSA) is 0 Å². The highest BCUT2D eigenvalue weighted by atomic mass is 14.4. The third kappa shape index (κ3) is 3.96. The normalized spacial score (nSPS) is 19.4. The molecule has 0 fully saturated rings. The molecule has 1 atom stereocenters. The SMILES string of the molecule is C.C/C=C\C=C/C1=CC(c2ccc(C)cc2)(c2ccc(C)cc2)C2C=CC=CC1=C2. The van der Waals surface area contributed by atoms with Crippen LogP contribution in [0.2, 0.25) is 0 Å². The molecule has 30 heavy (non-hydrogen) atoms. The van der Waals surface area contributed by atoms with E-state index in [4.69, 9.17) is 0 Å². The average molecular weight is 393 g/mol. The minimum absolute atomic E-state index is 0. The van der Waals surface area contributed by atoms with Crippen LogP contribution in [0.1, 0.15) is 36.6 Å². The Labute approximate surface area is 182 Å². The van der Waals surface area contributed by atoms with Crippen molar-refractivity contribution in [2.45, 2.75) is 33.6 Å². The van der Waals surface area contributed by atoms with E-state index in [2.05, 4.69) is 123 Å². The number of rotatable bonds is 4. The van der Waals surface area contributed by atoms with E-state index in [1.807, 2.05) is 6.92 Å². The van der Waals surface area contributed by atoms with E-state index in [1.54, 1.807) is 0 Å². The van der Waals surface area contributed by atoms with Crippen molar-refractivity contribution in [1.29, 1.82) is 0 Å². The summed E-state index contributed by atoms with van der Waals surface area (Å²) in [5, 5.41) is 0. The number of aryl methyl sites for hydroxylation is 2. The zero-order valence-corrected chi connectivity index (χ0v) is 17.5. The molecule has 0 spiro atoms. The minimum atomic E-state index is -0.233. The monoisotopic (exact) mass is 392 g/mol. The summed E-state index contributed by atoms with van der Waals surface area (Å²) in [4.78, 5) is 0. The van der Waals surface area contributed by atoms with Crippen LogP contribution < -0.4 is 0 Å². The summed E-state index contributed by atoms with van der Waals surface area (Å²) in [7, 11) is 0. The largest absolute Gasteiger partial charge is 0.0877 e. The highest BCUT2D eigenvalue weighted by molar-refractivity contribution is 5.61. The number of hydrogen-bond donors (Lipinski definition) is 0. The molecule has 1 unspecified atom stereocenters. The van der Waals surface area contributed by atoms with Gasteiger partial charge in [-0.05, 0) is 43.0 Å². The number of fused-ring (bicyclic) bond motifs is 1. The Kier molecular flexibility index (Phi) is 6.57. The molecule has 0 nitrogen and oxygen atoms in total. The molecule has 2 aromatic rings. The fourth-order valence-electron chi connectivity index (χ4n) is 4.34. The first kappa shape index (κ1) is 21.6. The maximum absolute atomic E-state index is 2.47. The number of benzene rings is 2. The van der Waals surface area contributed by atoms with Crippen molar-refractivity contribution in [1.82, 2.24) is 0 Å². The van der Waals surface area contributed by atoms with Gasteiger partial charge in [-0.15, -0.1) is 0 Å². The summed E-state index contributed by atoms with van der Waals surface area (Å²) in [6, 6.07) is 18.1. The molecule has 152 valence electrons. The lowest BCUT2D eigenvalue weighted by molar-refractivity contribution is 0.533. The second-order valence-electron chi connectivity index (χ2n) is 7.98. The van der Waals surface area contributed by atoms with Crippen molar-refractivity contribution in [3.05, 3.63) is 143 Å². The van der Waals surface area contributed by atoms with E-state index in [0.717, 1.165) is 0 Å². The van der Waals surface area contributed by atoms with Gasteiger partial charge in [-0.25, -0.2) is 0 Å². The molecule has 0 N–H and O–H groups in total. The fraction of sp³-hybridized carbons (Fsp3) is 0.200. The minimum Gasteiger partial charge on any atom is -0.0877 e. The molecule has 0 amide bonds. The Morgan fingerprint density at radius 2 is 1.40 bits per heavy atom. The van der Waals surface area contributed by atoms with Gasteiger partial charge in [0.05, 0.1) is 0 Å².